The Morgan fingerprint density at radius 3 is 2.75 bits per heavy atom. The molecule has 0 saturated carbocycles. The van der Waals surface area contributed by atoms with Crippen molar-refractivity contribution in [2.75, 3.05) is 19.6 Å². The lowest BCUT2D eigenvalue weighted by molar-refractivity contribution is 0.0917. The number of amides is 1. The summed E-state index contributed by atoms with van der Waals surface area (Å²) in [7, 11) is 0. The van der Waals surface area contributed by atoms with Crippen molar-refractivity contribution < 1.29 is 14.3 Å². The van der Waals surface area contributed by atoms with Gasteiger partial charge in [0, 0.05) is 25.6 Å². The van der Waals surface area contributed by atoms with E-state index in [9.17, 15) is 14.3 Å². The van der Waals surface area contributed by atoms with Crippen LogP contribution < -0.4 is 10.6 Å². The van der Waals surface area contributed by atoms with E-state index in [1.165, 1.54) is 28.2 Å². The molecule has 3 heterocycles. The fraction of sp³-hybridized carbons (Fsp3) is 0.278. The van der Waals surface area contributed by atoms with E-state index in [4.69, 9.17) is 0 Å². The van der Waals surface area contributed by atoms with Crippen LogP contribution in [-0.4, -0.2) is 51.5 Å². The smallest absolute Gasteiger partial charge is 0.291 e. The van der Waals surface area contributed by atoms with Gasteiger partial charge in [-0.3, -0.25) is 4.79 Å². The molecular weight excluding hydrogens is 405 g/mol. The first-order valence-electron chi connectivity index (χ1n) is 8.55. The highest BCUT2D eigenvalue weighted by molar-refractivity contribution is 7.13. The number of rotatable bonds is 5. The number of nitrogens with one attached hydrogen (secondary N) is 2. The summed E-state index contributed by atoms with van der Waals surface area (Å²) in [6.45, 7) is 1.52. The largest absolute Gasteiger partial charge is 0.391 e. The maximum Gasteiger partial charge on any atom is 0.291 e. The van der Waals surface area contributed by atoms with E-state index < -0.39 is 12.0 Å². The average Bonchev–Trinajstić information content (AvgIpc) is 3.41. The molecule has 28 heavy (non-hydrogen) atoms. The van der Waals surface area contributed by atoms with Crippen LogP contribution in [0.5, 0.6) is 0 Å². The van der Waals surface area contributed by atoms with E-state index >= 15 is 0 Å². The predicted molar refractivity (Wildman–Crippen MR) is 107 cm³/mol. The third-order valence-corrected chi connectivity index (χ3v) is 5.32. The number of nitrogens with zero attached hydrogens (tertiary/aromatic N) is 3. The second-order valence-corrected chi connectivity index (χ2v) is 7.27. The molecule has 4 rings (SSSR count). The lowest BCUT2D eigenvalue weighted by Crippen LogP contribution is -2.34. The zero-order chi connectivity index (χ0) is 18.8. The van der Waals surface area contributed by atoms with Gasteiger partial charge in [0.15, 0.2) is 5.82 Å². The molecule has 3 aromatic rings. The van der Waals surface area contributed by atoms with Gasteiger partial charge in [-0.1, -0.05) is 6.07 Å². The van der Waals surface area contributed by atoms with Gasteiger partial charge < -0.3 is 15.7 Å². The fourth-order valence-corrected chi connectivity index (χ4v) is 3.66. The van der Waals surface area contributed by atoms with Crippen LogP contribution in [0.2, 0.25) is 0 Å². The molecule has 1 fully saturated rings. The zero-order valence-corrected chi connectivity index (χ0v) is 16.3. The number of benzene rings is 1. The van der Waals surface area contributed by atoms with Crippen LogP contribution in [0.1, 0.15) is 10.6 Å². The number of aliphatic hydroxyl groups excluding tert-OH is 1. The number of β-amino-alcohol motifs (C(OH)–C–C–N with tert-alkyl or cyclic N) is 1. The fourth-order valence-electron chi connectivity index (χ4n) is 2.97. The van der Waals surface area contributed by atoms with E-state index in [1.54, 1.807) is 12.1 Å². The molecule has 0 spiro atoms. The van der Waals surface area contributed by atoms with E-state index in [2.05, 4.69) is 20.7 Å². The van der Waals surface area contributed by atoms with Gasteiger partial charge in [0.2, 0.25) is 5.82 Å². The molecule has 1 aromatic carbocycles. The van der Waals surface area contributed by atoms with E-state index in [0.717, 1.165) is 4.88 Å². The van der Waals surface area contributed by atoms with Crippen molar-refractivity contribution in [1.29, 1.82) is 0 Å². The van der Waals surface area contributed by atoms with Gasteiger partial charge in [0.05, 0.1) is 16.7 Å². The monoisotopic (exact) mass is 423 g/mol. The van der Waals surface area contributed by atoms with Gasteiger partial charge in [-0.2, -0.15) is 0 Å². The molecule has 2 atom stereocenters. The van der Waals surface area contributed by atoms with Crippen LogP contribution in [-0.2, 0) is 0 Å². The number of halogens is 2. The Bertz CT molecular complexity index is 932. The number of carbonyl (C=O) groups is 1. The number of hydrogen-bond acceptors (Lipinski definition) is 6. The predicted octanol–water partition coefficient (Wildman–Crippen LogP) is 1.87. The van der Waals surface area contributed by atoms with Gasteiger partial charge in [-0.25, -0.2) is 14.1 Å². The maximum atomic E-state index is 13.3. The van der Waals surface area contributed by atoms with Crippen LogP contribution in [0.3, 0.4) is 0 Å². The molecule has 0 radical (unpaired) electrons. The molecule has 1 aliphatic rings. The van der Waals surface area contributed by atoms with Gasteiger partial charge >= 0.3 is 0 Å². The second-order valence-electron chi connectivity index (χ2n) is 6.32. The van der Waals surface area contributed by atoms with Gasteiger partial charge in [0.25, 0.3) is 5.91 Å². The molecule has 1 saturated heterocycles. The van der Waals surface area contributed by atoms with Crippen molar-refractivity contribution in [3.8, 4) is 16.4 Å². The van der Waals surface area contributed by atoms with Crippen molar-refractivity contribution >= 4 is 29.7 Å². The molecule has 1 amide bonds. The Balaban J connectivity index is 0.00000225. The summed E-state index contributed by atoms with van der Waals surface area (Å²) in [4.78, 5) is 17.8. The maximum absolute atomic E-state index is 13.3. The number of thiophene rings is 1. The molecule has 148 valence electrons. The Labute approximate surface area is 171 Å². The van der Waals surface area contributed by atoms with Crippen molar-refractivity contribution in [2.24, 2.45) is 5.92 Å². The third kappa shape index (κ3) is 4.22. The number of hydrogen-bond donors (Lipinski definition) is 3. The summed E-state index contributed by atoms with van der Waals surface area (Å²) in [5.41, 5.74) is 0.613. The Kier molecular flexibility index (Phi) is 6.40. The highest BCUT2D eigenvalue weighted by atomic mass is 35.5. The molecule has 7 nitrogen and oxygen atoms in total. The average molecular weight is 424 g/mol. The molecule has 3 N–H and O–H groups in total. The summed E-state index contributed by atoms with van der Waals surface area (Å²) in [6, 6.07) is 9.62. The van der Waals surface area contributed by atoms with Gasteiger partial charge in [-0.05, 0) is 35.7 Å². The van der Waals surface area contributed by atoms with Crippen molar-refractivity contribution in [1.82, 2.24) is 25.4 Å². The molecule has 2 aromatic heterocycles. The summed E-state index contributed by atoms with van der Waals surface area (Å²) in [5.74, 6) is -0.247. The van der Waals surface area contributed by atoms with E-state index in [-0.39, 0.29) is 30.0 Å². The first-order valence-corrected chi connectivity index (χ1v) is 9.43. The van der Waals surface area contributed by atoms with Crippen LogP contribution in [0.25, 0.3) is 16.4 Å². The molecular formula is C18H19ClFN5O2S. The minimum atomic E-state index is -0.475. The quantitative estimate of drug-likeness (QED) is 0.582. The minimum Gasteiger partial charge on any atom is -0.391 e. The number of aliphatic hydroxyl groups is 1. The van der Waals surface area contributed by atoms with Crippen molar-refractivity contribution in [3.63, 3.8) is 0 Å². The van der Waals surface area contributed by atoms with Crippen molar-refractivity contribution in [2.45, 2.75) is 6.10 Å². The summed E-state index contributed by atoms with van der Waals surface area (Å²) >= 11 is 1.48. The lowest BCUT2D eigenvalue weighted by atomic mass is 10.1. The van der Waals surface area contributed by atoms with Crippen LogP contribution in [0.15, 0.2) is 41.8 Å². The summed E-state index contributed by atoms with van der Waals surface area (Å²) in [6.07, 6.45) is -0.475. The number of aromatic nitrogens is 3. The molecule has 1 aliphatic heterocycles. The van der Waals surface area contributed by atoms with E-state index in [1.807, 2.05) is 17.5 Å². The highest BCUT2D eigenvalue weighted by Gasteiger charge is 2.26. The van der Waals surface area contributed by atoms with Crippen LogP contribution >= 0.6 is 23.7 Å². The zero-order valence-electron chi connectivity index (χ0n) is 14.7. The first kappa shape index (κ1) is 20.4. The SMILES string of the molecule is Cl.O=C(NCC1CNCC1O)c1nc(-c2cccs2)n(-c2ccc(F)cc2)n1. The minimum absolute atomic E-state index is 0. The highest BCUT2D eigenvalue weighted by Crippen LogP contribution is 2.25. The number of carbonyl (C=O) groups excluding carboxylic acids is 1. The topological polar surface area (TPSA) is 92.1 Å². The molecule has 0 bridgehead atoms. The third-order valence-electron chi connectivity index (χ3n) is 4.45. The Morgan fingerprint density at radius 1 is 1.32 bits per heavy atom. The normalized spacial score (nSPS) is 18.6. The second kappa shape index (κ2) is 8.78. The molecule has 2 unspecified atom stereocenters. The first-order chi connectivity index (χ1) is 13.1. The summed E-state index contributed by atoms with van der Waals surface area (Å²) < 4.78 is 14.8. The summed E-state index contributed by atoms with van der Waals surface area (Å²) in [5, 5.41) is 21.9. The van der Waals surface area contributed by atoms with Crippen molar-refractivity contribution in [3.05, 3.63) is 53.4 Å². The van der Waals surface area contributed by atoms with Crippen LogP contribution in [0.4, 0.5) is 4.39 Å². The Hall–Kier alpha value is -2.33. The van der Waals surface area contributed by atoms with Crippen LogP contribution in [0, 0.1) is 11.7 Å². The molecule has 0 aliphatic carbocycles. The Morgan fingerprint density at radius 2 is 2.11 bits per heavy atom. The van der Waals surface area contributed by atoms with Gasteiger partial charge in [-0.15, -0.1) is 28.8 Å². The van der Waals surface area contributed by atoms with E-state index in [0.29, 0.717) is 31.1 Å². The molecule has 10 heteroatoms. The standard InChI is InChI=1S/C18H18FN5O2S.ClH/c19-12-3-5-13(6-4-12)24-17(15-2-1-7-27-15)22-16(23-24)18(26)21-9-11-8-20-10-14(11)25;/h1-7,11,14,20,25H,8-10H2,(H,21,26);1H. The van der Waals surface area contributed by atoms with Gasteiger partial charge in [0.1, 0.15) is 5.82 Å². The lowest BCUT2D eigenvalue weighted by Gasteiger charge is -2.12.